The van der Waals surface area contributed by atoms with Crippen LogP contribution in [0, 0.1) is 23.7 Å². The Morgan fingerprint density at radius 3 is 1.36 bits per heavy atom. The van der Waals surface area contributed by atoms with Crippen LogP contribution in [0.1, 0.15) is 36.1 Å². The van der Waals surface area contributed by atoms with Gasteiger partial charge in [0.25, 0.3) is 0 Å². The lowest BCUT2D eigenvalue weighted by molar-refractivity contribution is 0.302. The van der Waals surface area contributed by atoms with Crippen LogP contribution >= 0.6 is 0 Å². The van der Waals surface area contributed by atoms with E-state index in [1.54, 1.807) is 0 Å². The maximum absolute atomic E-state index is 5.94. The Labute approximate surface area is 167 Å². The van der Waals surface area contributed by atoms with Crippen molar-refractivity contribution in [1.29, 1.82) is 0 Å². The summed E-state index contributed by atoms with van der Waals surface area (Å²) >= 11 is 0. The predicted molar refractivity (Wildman–Crippen MR) is 113 cm³/mol. The molecule has 3 aromatic rings. The predicted octanol–water partition coefficient (Wildman–Crippen LogP) is 5.59. The second-order valence-corrected chi connectivity index (χ2v) is 6.14. The van der Waals surface area contributed by atoms with E-state index in [1.807, 2.05) is 62.4 Å². The molecule has 2 heteroatoms. The zero-order chi connectivity index (χ0) is 19.6. The molecule has 0 saturated heterocycles. The van der Waals surface area contributed by atoms with Crippen molar-refractivity contribution in [3.8, 4) is 35.2 Å². The van der Waals surface area contributed by atoms with Crippen LogP contribution in [0.3, 0.4) is 0 Å². The maximum Gasteiger partial charge on any atom is 0.135 e. The average Bonchev–Trinajstić information content (AvgIpc) is 2.74. The fourth-order valence-electron chi connectivity index (χ4n) is 2.71. The van der Waals surface area contributed by atoms with Crippen molar-refractivity contribution in [2.45, 2.75) is 27.1 Å². The third kappa shape index (κ3) is 5.19. The normalized spacial score (nSPS) is 9.50. The Balaban J connectivity index is 1.60. The molecule has 3 rings (SSSR count). The van der Waals surface area contributed by atoms with Gasteiger partial charge in [0.2, 0.25) is 0 Å². The molecular weight excluding hydrogens is 344 g/mol. The molecule has 2 nitrogen and oxygen atoms in total. The molecule has 0 fully saturated rings. The summed E-state index contributed by atoms with van der Waals surface area (Å²) in [4.78, 5) is 0. The highest BCUT2D eigenvalue weighted by atomic mass is 16.5. The number of para-hydroxylation sites is 2. The maximum atomic E-state index is 5.94. The highest BCUT2D eigenvalue weighted by Gasteiger charge is 2.03. The zero-order valence-electron chi connectivity index (χ0n) is 16.2. The summed E-state index contributed by atoms with van der Waals surface area (Å²) in [7, 11) is 0. The summed E-state index contributed by atoms with van der Waals surface area (Å²) in [6.45, 7) is 4.65. The van der Waals surface area contributed by atoms with Gasteiger partial charge in [0.1, 0.15) is 24.7 Å². The van der Waals surface area contributed by atoms with Crippen LogP contribution in [0.2, 0.25) is 0 Å². The van der Waals surface area contributed by atoms with Gasteiger partial charge in [-0.1, -0.05) is 60.4 Å². The van der Waals surface area contributed by atoms with Crippen molar-refractivity contribution in [2.75, 3.05) is 0 Å². The van der Waals surface area contributed by atoms with Gasteiger partial charge in [-0.15, -0.1) is 11.8 Å². The van der Waals surface area contributed by atoms with Gasteiger partial charge in [0.05, 0.1) is 11.1 Å². The first kappa shape index (κ1) is 19.2. The van der Waals surface area contributed by atoms with Gasteiger partial charge in [-0.2, -0.15) is 0 Å². The van der Waals surface area contributed by atoms with Crippen molar-refractivity contribution < 1.29 is 9.47 Å². The molecule has 138 valence electrons. The molecule has 0 aliphatic heterocycles. The van der Waals surface area contributed by atoms with E-state index in [4.69, 9.17) is 9.47 Å². The van der Waals surface area contributed by atoms with E-state index < -0.39 is 0 Å². The highest BCUT2D eigenvalue weighted by Crippen LogP contribution is 2.20. The Hall–Kier alpha value is -3.62. The van der Waals surface area contributed by atoms with Crippen LogP contribution in [-0.4, -0.2) is 0 Å². The lowest BCUT2D eigenvalue weighted by Gasteiger charge is -2.10. The van der Waals surface area contributed by atoms with Gasteiger partial charge < -0.3 is 9.47 Å². The second kappa shape index (κ2) is 9.91. The van der Waals surface area contributed by atoms with Crippen LogP contribution in [0.5, 0.6) is 11.5 Å². The monoisotopic (exact) mass is 366 g/mol. The lowest BCUT2D eigenvalue weighted by atomic mass is 10.1. The largest absolute Gasteiger partial charge is 0.488 e. The van der Waals surface area contributed by atoms with Crippen LogP contribution in [-0.2, 0) is 13.2 Å². The van der Waals surface area contributed by atoms with Gasteiger partial charge in [0, 0.05) is 0 Å². The van der Waals surface area contributed by atoms with Crippen LogP contribution < -0.4 is 9.47 Å². The Bertz CT molecular complexity index is 955. The minimum absolute atomic E-state index is 0.498. The Morgan fingerprint density at radius 1 is 0.571 bits per heavy atom. The van der Waals surface area contributed by atoms with E-state index in [-0.39, 0.29) is 0 Å². The standard InChI is InChI=1S/C26H22O2/c1-3-9-23-11-5-7-13-25(23)27-19-21-15-17-22(18-16-21)20-28-26-14-8-6-12-24(26)10-4-2/h5-8,11-18H,19-20H2,1-2H3. The third-order valence-corrected chi connectivity index (χ3v) is 4.11. The van der Waals surface area contributed by atoms with Gasteiger partial charge in [-0.05, 0) is 49.2 Å². The molecule has 0 aliphatic carbocycles. The lowest BCUT2D eigenvalue weighted by Crippen LogP contribution is -2.00. The van der Waals surface area contributed by atoms with Crippen molar-refractivity contribution in [3.05, 3.63) is 95.1 Å². The molecule has 0 heterocycles. The number of hydrogen-bond donors (Lipinski definition) is 0. The first-order valence-corrected chi connectivity index (χ1v) is 9.17. The molecule has 0 aromatic heterocycles. The molecule has 0 amide bonds. The number of benzene rings is 3. The van der Waals surface area contributed by atoms with Gasteiger partial charge >= 0.3 is 0 Å². The summed E-state index contributed by atoms with van der Waals surface area (Å²) < 4.78 is 11.9. The summed E-state index contributed by atoms with van der Waals surface area (Å²) in [5.41, 5.74) is 4.01. The van der Waals surface area contributed by atoms with E-state index >= 15 is 0 Å². The molecule has 0 aliphatic rings. The molecule has 0 atom stereocenters. The fourth-order valence-corrected chi connectivity index (χ4v) is 2.71. The second-order valence-electron chi connectivity index (χ2n) is 6.14. The quantitative estimate of drug-likeness (QED) is 0.530. The molecule has 0 bridgehead atoms. The molecule has 3 aromatic carbocycles. The topological polar surface area (TPSA) is 18.5 Å². The number of rotatable bonds is 6. The molecule has 0 saturated carbocycles. The molecule has 0 N–H and O–H groups in total. The summed E-state index contributed by atoms with van der Waals surface area (Å²) in [5, 5.41) is 0. The van der Waals surface area contributed by atoms with Gasteiger partial charge in [0.15, 0.2) is 0 Å². The highest BCUT2D eigenvalue weighted by molar-refractivity contribution is 5.46. The smallest absolute Gasteiger partial charge is 0.135 e. The summed E-state index contributed by atoms with van der Waals surface area (Å²) in [6.07, 6.45) is 0. The Kier molecular flexibility index (Phi) is 6.78. The zero-order valence-corrected chi connectivity index (χ0v) is 16.2. The minimum atomic E-state index is 0.498. The summed E-state index contributed by atoms with van der Waals surface area (Å²) in [6, 6.07) is 23.9. The first-order chi connectivity index (χ1) is 13.8. The van der Waals surface area contributed by atoms with Crippen LogP contribution in [0.25, 0.3) is 0 Å². The number of ether oxygens (including phenoxy) is 2. The van der Waals surface area contributed by atoms with E-state index in [1.165, 1.54) is 0 Å². The SMILES string of the molecule is CC#Cc1ccccc1OCc1ccc(COc2ccccc2C#CC)cc1. The van der Waals surface area contributed by atoms with Crippen molar-refractivity contribution >= 4 is 0 Å². The minimum Gasteiger partial charge on any atom is -0.488 e. The van der Waals surface area contributed by atoms with E-state index in [2.05, 4.69) is 47.9 Å². The van der Waals surface area contributed by atoms with E-state index in [0.29, 0.717) is 13.2 Å². The van der Waals surface area contributed by atoms with Gasteiger partial charge in [-0.3, -0.25) is 0 Å². The molecule has 0 unspecified atom stereocenters. The first-order valence-electron chi connectivity index (χ1n) is 9.17. The van der Waals surface area contributed by atoms with E-state index in [9.17, 15) is 0 Å². The van der Waals surface area contributed by atoms with Gasteiger partial charge in [-0.25, -0.2) is 0 Å². The van der Waals surface area contributed by atoms with E-state index in [0.717, 1.165) is 33.8 Å². The Morgan fingerprint density at radius 2 is 0.964 bits per heavy atom. The molecule has 28 heavy (non-hydrogen) atoms. The van der Waals surface area contributed by atoms with Crippen molar-refractivity contribution in [2.24, 2.45) is 0 Å². The molecule has 0 spiro atoms. The van der Waals surface area contributed by atoms with Crippen molar-refractivity contribution in [1.82, 2.24) is 0 Å². The fraction of sp³-hybridized carbons (Fsp3) is 0.154. The molecule has 0 radical (unpaired) electrons. The van der Waals surface area contributed by atoms with Crippen LogP contribution in [0.4, 0.5) is 0 Å². The van der Waals surface area contributed by atoms with Crippen LogP contribution in [0.15, 0.2) is 72.8 Å². The number of hydrogen-bond acceptors (Lipinski definition) is 2. The average molecular weight is 366 g/mol. The molecular formula is C26H22O2. The third-order valence-electron chi connectivity index (χ3n) is 4.11. The van der Waals surface area contributed by atoms with Crippen molar-refractivity contribution in [3.63, 3.8) is 0 Å². The summed E-state index contributed by atoms with van der Waals surface area (Å²) in [5.74, 6) is 13.6.